The number of fused-ring (bicyclic) bond motifs is 1. The molecule has 0 saturated carbocycles. The molecule has 0 bridgehead atoms. The van der Waals surface area contributed by atoms with Gasteiger partial charge in [0.15, 0.2) is 18.1 Å². The first-order chi connectivity index (χ1) is 11.2. The summed E-state index contributed by atoms with van der Waals surface area (Å²) in [5.74, 6) is 0.845. The van der Waals surface area contributed by atoms with Gasteiger partial charge in [0.05, 0.1) is 18.8 Å². The van der Waals surface area contributed by atoms with E-state index in [0.717, 1.165) is 11.8 Å². The van der Waals surface area contributed by atoms with Gasteiger partial charge in [-0.3, -0.25) is 9.59 Å². The van der Waals surface area contributed by atoms with E-state index in [1.54, 1.807) is 17.0 Å². The van der Waals surface area contributed by atoms with Crippen LogP contribution in [-0.2, 0) is 11.3 Å². The molecule has 0 saturated heterocycles. The number of aldehydes is 1. The number of rotatable bonds is 5. The summed E-state index contributed by atoms with van der Waals surface area (Å²) in [5, 5.41) is 0. The zero-order chi connectivity index (χ0) is 16.2. The van der Waals surface area contributed by atoms with Gasteiger partial charge in [0, 0.05) is 5.56 Å². The summed E-state index contributed by atoms with van der Waals surface area (Å²) < 4.78 is 11.1. The standard InChI is InChI=1S/C18H17NO4/c1-2-22-16-9-14(11-20)8-15-18(16)23-12-17(21)19(15)10-13-6-4-3-5-7-13/h3-9,11H,2,10,12H2,1H3. The van der Waals surface area contributed by atoms with Crippen LogP contribution >= 0.6 is 0 Å². The Morgan fingerprint density at radius 2 is 2.04 bits per heavy atom. The molecule has 1 aliphatic rings. The average molecular weight is 311 g/mol. The number of nitrogens with zero attached hydrogens (tertiary/aromatic N) is 1. The normalized spacial score (nSPS) is 13.3. The molecule has 3 rings (SSSR count). The van der Waals surface area contributed by atoms with E-state index >= 15 is 0 Å². The van der Waals surface area contributed by atoms with Gasteiger partial charge in [0.2, 0.25) is 0 Å². The van der Waals surface area contributed by atoms with E-state index in [0.29, 0.717) is 35.9 Å². The first-order valence-electron chi connectivity index (χ1n) is 7.46. The van der Waals surface area contributed by atoms with E-state index in [2.05, 4.69) is 0 Å². The molecule has 0 spiro atoms. The summed E-state index contributed by atoms with van der Waals surface area (Å²) in [6.45, 7) is 2.69. The van der Waals surface area contributed by atoms with Crippen molar-refractivity contribution in [3.05, 3.63) is 53.6 Å². The molecule has 0 unspecified atom stereocenters. The Hall–Kier alpha value is -2.82. The maximum Gasteiger partial charge on any atom is 0.265 e. The van der Waals surface area contributed by atoms with Gasteiger partial charge < -0.3 is 14.4 Å². The predicted octanol–water partition coefficient (Wildman–Crippen LogP) is 2.82. The monoisotopic (exact) mass is 311 g/mol. The number of anilines is 1. The molecule has 1 amide bonds. The predicted molar refractivity (Wildman–Crippen MR) is 86.1 cm³/mol. The summed E-state index contributed by atoms with van der Waals surface area (Å²) in [7, 11) is 0. The Balaban J connectivity index is 2.04. The van der Waals surface area contributed by atoms with Crippen LogP contribution < -0.4 is 14.4 Å². The molecule has 0 radical (unpaired) electrons. The van der Waals surface area contributed by atoms with Gasteiger partial charge in [-0.15, -0.1) is 0 Å². The number of carbonyl (C=O) groups is 2. The van der Waals surface area contributed by atoms with E-state index < -0.39 is 0 Å². The van der Waals surface area contributed by atoms with Crippen molar-refractivity contribution in [2.75, 3.05) is 18.1 Å². The molecule has 0 fully saturated rings. The summed E-state index contributed by atoms with van der Waals surface area (Å²) in [6.07, 6.45) is 0.739. The number of amides is 1. The average Bonchev–Trinajstić information content (AvgIpc) is 2.58. The third kappa shape index (κ3) is 3.04. The lowest BCUT2D eigenvalue weighted by molar-refractivity contribution is -0.121. The number of ether oxygens (including phenoxy) is 2. The maximum absolute atomic E-state index is 12.3. The second-order valence-corrected chi connectivity index (χ2v) is 5.17. The van der Waals surface area contributed by atoms with Crippen LogP contribution in [0.1, 0.15) is 22.8 Å². The highest BCUT2D eigenvalue weighted by Crippen LogP contribution is 2.42. The Kier molecular flexibility index (Phi) is 4.28. The number of benzene rings is 2. The summed E-state index contributed by atoms with van der Waals surface area (Å²) in [6, 6.07) is 13.0. The van der Waals surface area contributed by atoms with Crippen LogP contribution in [0.15, 0.2) is 42.5 Å². The van der Waals surface area contributed by atoms with Gasteiger partial charge in [-0.2, -0.15) is 0 Å². The molecule has 0 atom stereocenters. The third-order valence-electron chi connectivity index (χ3n) is 3.61. The zero-order valence-electron chi connectivity index (χ0n) is 12.8. The van der Waals surface area contributed by atoms with Crippen molar-refractivity contribution in [1.82, 2.24) is 0 Å². The molecule has 2 aromatic carbocycles. The SMILES string of the molecule is CCOc1cc(C=O)cc2c1OCC(=O)N2Cc1ccccc1. The van der Waals surface area contributed by atoms with Crippen molar-refractivity contribution in [2.45, 2.75) is 13.5 Å². The van der Waals surface area contributed by atoms with Crippen molar-refractivity contribution in [2.24, 2.45) is 0 Å². The summed E-state index contributed by atoms with van der Waals surface area (Å²) in [5.41, 5.74) is 2.02. The van der Waals surface area contributed by atoms with E-state index in [1.165, 1.54) is 0 Å². The lowest BCUT2D eigenvalue weighted by atomic mass is 10.1. The Morgan fingerprint density at radius 1 is 1.26 bits per heavy atom. The molecule has 1 aliphatic heterocycles. The van der Waals surface area contributed by atoms with Crippen molar-refractivity contribution in [1.29, 1.82) is 0 Å². The van der Waals surface area contributed by atoms with Crippen LogP contribution in [0, 0.1) is 0 Å². The molecular weight excluding hydrogens is 294 g/mol. The van der Waals surface area contributed by atoms with E-state index in [1.807, 2.05) is 37.3 Å². The van der Waals surface area contributed by atoms with Gasteiger partial charge in [-0.1, -0.05) is 30.3 Å². The van der Waals surface area contributed by atoms with Crippen LogP contribution in [0.3, 0.4) is 0 Å². The molecular formula is C18H17NO4. The fourth-order valence-corrected chi connectivity index (χ4v) is 2.57. The largest absolute Gasteiger partial charge is 0.490 e. The highest BCUT2D eigenvalue weighted by Gasteiger charge is 2.29. The molecule has 0 aliphatic carbocycles. The second kappa shape index (κ2) is 6.52. The quantitative estimate of drug-likeness (QED) is 0.797. The molecule has 0 aromatic heterocycles. The summed E-state index contributed by atoms with van der Waals surface area (Å²) >= 11 is 0. The van der Waals surface area contributed by atoms with Crippen LogP contribution in [-0.4, -0.2) is 25.4 Å². The van der Waals surface area contributed by atoms with Crippen LogP contribution in [0.2, 0.25) is 0 Å². The van der Waals surface area contributed by atoms with E-state index in [4.69, 9.17) is 9.47 Å². The van der Waals surface area contributed by atoms with Crippen molar-refractivity contribution in [3.8, 4) is 11.5 Å². The maximum atomic E-state index is 12.3. The minimum atomic E-state index is -0.146. The van der Waals surface area contributed by atoms with Crippen LogP contribution in [0.5, 0.6) is 11.5 Å². The van der Waals surface area contributed by atoms with E-state index in [-0.39, 0.29) is 12.5 Å². The first-order valence-corrected chi connectivity index (χ1v) is 7.46. The van der Waals surface area contributed by atoms with Gasteiger partial charge in [0.1, 0.15) is 6.29 Å². The molecule has 118 valence electrons. The lowest BCUT2D eigenvalue weighted by Crippen LogP contribution is -2.38. The van der Waals surface area contributed by atoms with Gasteiger partial charge in [-0.25, -0.2) is 0 Å². The second-order valence-electron chi connectivity index (χ2n) is 5.17. The topological polar surface area (TPSA) is 55.8 Å². The minimum Gasteiger partial charge on any atom is -0.490 e. The van der Waals surface area contributed by atoms with Gasteiger partial charge in [-0.05, 0) is 24.6 Å². The van der Waals surface area contributed by atoms with Crippen LogP contribution in [0.25, 0.3) is 0 Å². The molecule has 1 heterocycles. The van der Waals surface area contributed by atoms with E-state index in [9.17, 15) is 9.59 Å². The van der Waals surface area contributed by atoms with Gasteiger partial charge >= 0.3 is 0 Å². The Bertz CT molecular complexity index is 727. The van der Waals surface area contributed by atoms with Gasteiger partial charge in [0.25, 0.3) is 5.91 Å². The van der Waals surface area contributed by atoms with Crippen molar-refractivity contribution in [3.63, 3.8) is 0 Å². The number of hydrogen-bond donors (Lipinski definition) is 0. The minimum absolute atomic E-state index is 0.0413. The molecule has 5 nitrogen and oxygen atoms in total. The Morgan fingerprint density at radius 3 is 2.74 bits per heavy atom. The van der Waals surface area contributed by atoms with Crippen molar-refractivity contribution >= 4 is 17.9 Å². The highest BCUT2D eigenvalue weighted by atomic mass is 16.5. The number of hydrogen-bond acceptors (Lipinski definition) is 4. The molecule has 5 heteroatoms. The highest BCUT2D eigenvalue weighted by molar-refractivity contribution is 5.99. The van der Waals surface area contributed by atoms with Crippen LogP contribution in [0.4, 0.5) is 5.69 Å². The summed E-state index contributed by atoms with van der Waals surface area (Å²) in [4.78, 5) is 25.1. The fraction of sp³-hybridized carbons (Fsp3) is 0.222. The number of carbonyl (C=O) groups excluding carboxylic acids is 2. The third-order valence-corrected chi connectivity index (χ3v) is 3.61. The molecule has 23 heavy (non-hydrogen) atoms. The smallest absolute Gasteiger partial charge is 0.265 e. The Labute approximate surface area is 134 Å². The zero-order valence-corrected chi connectivity index (χ0v) is 12.8. The van der Waals surface area contributed by atoms with Crippen molar-refractivity contribution < 1.29 is 19.1 Å². The molecule has 0 N–H and O–H groups in total. The first kappa shape index (κ1) is 15.1. The lowest BCUT2D eigenvalue weighted by Gasteiger charge is -2.30. The fourth-order valence-electron chi connectivity index (χ4n) is 2.57. The molecule has 2 aromatic rings.